The Morgan fingerprint density at radius 1 is 1.27 bits per heavy atom. The topological polar surface area (TPSA) is 41.6 Å². The molecule has 3 atom stereocenters. The average molecular weight is 325 g/mol. The number of benzene rings is 1. The third kappa shape index (κ3) is 3.62. The molecule has 1 N–H and O–H groups in total. The fourth-order valence-electron chi connectivity index (χ4n) is 3.44. The van der Waals surface area contributed by atoms with Crippen LogP contribution in [0.1, 0.15) is 30.9 Å². The minimum atomic E-state index is -0.0823. The van der Waals surface area contributed by atoms with E-state index in [-0.39, 0.29) is 30.3 Å². The quantitative estimate of drug-likeness (QED) is 0.928. The fraction of sp³-hybridized carbons (Fsp3) is 0.588. The monoisotopic (exact) mass is 324 g/mol. The summed E-state index contributed by atoms with van der Waals surface area (Å²) < 4.78 is 5.95. The van der Waals surface area contributed by atoms with Crippen LogP contribution >= 0.6 is 12.4 Å². The Balaban J connectivity index is 0.00000176. The molecule has 0 spiro atoms. The summed E-state index contributed by atoms with van der Waals surface area (Å²) >= 11 is 0. The number of ether oxygens (including phenoxy) is 1. The second-order valence-corrected chi connectivity index (χ2v) is 6.01. The van der Waals surface area contributed by atoms with Crippen LogP contribution in [0.5, 0.6) is 0 Å². The first kappa shape index (κ1) is 17.3. The molecule has 2 saturated heterocycles. The molecule has 0 aliphatic carbocycles. The second kappa shape index (κ2) is 7.95. The van der Waals surface area contributed by atoms with Gasteiger partial charge in [0.15, 0.2) is 0 Å². The average Bonchev–Trinajstić information content (AvgIpc) is 3.04. The molecule has 0 aromatic heterocycles. The SMILES string of the molecule is CNC1CCN(C(=O)C2CCCOC2c2ccccc2)C1.Cl. The molecule has 4 nitrogen and oxygen atoms in total. The number of likely N-dealkylation sites (tertiary alicyclic amines) is 1. The second-order valence-electron chi connectivity index (χ2n) is 6.01. The van der Waals surface area contributed by atoms with Gasteiger partial charge < -0.3 is 15.0 Å². The lowest BCUT2D eigenvalue weighted by Gasteiger charge is -2.33. The first-order valence-electron chi connectivity index (χ1n) is 7.92. The van der Waals surface area contributed by atoms with Gasteiger partial charge in [0.2, 0.25) is 5.91 Å². The summed E-state index contributed by atoms with van der Waals surface area (Å²) in [6.45, 7) is 2.44. The van der Waals surface area contributed by atoms with Gasteiger partial charge in [0.25, 0.3) is 0 Å². The van der Waals surface area contributed by atoms with Crippen molar-refractivity contribution in [3.8, 4) is 0 Å². The van der Waals surface area contributed by atoms with Crippen LogP contribution in [0, 0.1) is 5.92 Å². The van der Waals surface area contributed by atoms with Gasteiger partial charge in [-0.1, -0.05) is 30.3 Å². The Morgan fingerprint density at radius 3 is 2.73 bits per heavy atom. The van der Waals surface area contributed by atoms with Crippen molar-refractivity contribution >= 4 is 18.3 Å². The van der Waals surface area contributed by atoms with Crippen molar-refractivity contribution in [3.63, 3.8) is 0 Å². The number of nitrogens with zero attached hydrogens (tertiary/aromatic N) is 1. The van der Waals surface area contributed by atoms with Gasteiger partial charge >= 0.3 is 0 Å². The molecule has 2 heterocycles. The van der Waals surface area contributed by atoms with Gasteiger partial charge in [-0.3, -0.25) is 4.79 Å². The molecule has 1 aromatic carbocycles. The molecule has 0 saturated carbocycles. The highest BCUT2D eigenvalue weighted by atomic mass is 35.5. The van der Waals surface area contributed by atoms with Gasteiger partial charge in [-0.2, -0.15) is 0 Å². The first-order valence-corrected chi connectivity index (χ1v) is 7.92. The third-order valence-corrected chi connectivity index (χ3v) is 4.68. The molecule has 3 unspecified atom stereocenters. The van der Waals surface area contributed by atoms with E-state index in [1.54, 1.807) is 0 Å². The Hall–Kier alpha value is -1.10. The van der Waals surface area contributed by atoms with Crippen LogP contribution in [-0.4, -0.2) is 43.6 Å². The maximum absolute atomic E-state index is 12.9. The predicted octanol–water partition coefficient (Wildman–Crippen LogP) is 2.40. The molecule has 2 aliphatic heterocycles. The van der Waals surface area contributed by atoms with Crippen molar-refractivity contribution in [1.82, 2.24) is 10.2 Å². The third-order valence-electron chi connectivity index (χ3n) is 4.68. The van der Waals surface area contributed by atoms with Crippen molar-refractivity contribution in [1.29, 1.82) is 0 Å². The molecule has 2 fully saturated rings. The van der Waals surface area contributed by atoms with Crippen molar-refractivity contribution in [2.45, 2.75) is 31.4 Å². The Kier molecular flexibility index (Phi) is 6.24. The number of halogens is 1. The van der Waals surface area contributed by atoms with Crippen LogP contribution in [0.25, 0.3) is 0 Å². The van der Waals surface area contributed by atoms with E-state index in [1.165, 1.54) is 0 Å². The van der Waals surface area contributed by atoms with Gasteiger partial charge in [0, 0.05) is 25.7 Å². The van der Waals surface area contributed by atoms with Gasteiger partial charge in [-0.05, 0) is 31.9 Å². The van der Waals surface area contributed by atoms with Crippen LogP contribution < -0.4 is 5.32 Å². The number of rotatable bonds is 3. The van der Waals surface area contributed by atoms with E-state index in [1.807, 2.05) is 30.1 Å². The zero-order chi connectivity index (χ0) is 14.7. The van der Waals surface area contributed by atoms with E-state index in [4.69, 9.17) is 4.74 Å². The molecule has 22 heavy (non-hydrogen) atoms. The maximum atomic E-state index is 12.9. The largest absolute Gasteiger partial charge is 0.373 e. The van der Waals surface area contributed by atoms with Gasteiger partial charge in [0.05, 0.1) is 12.0 Å². The molecule has 0 bridgehead atoms. The standard InChI is InChI=1S/C17H24N2O2.ClH/c1-18-14-9-10-19(12-14)17(20)15-8-5-11-21-16(15)13-6-3-2-4-7-13;/h2-4,6-7,14-16,18H,5,8-12H2,1H3;1H. The zero-order valence-corrected chi connectivity index (χ0v) is 13.8. The van der Waals surface area contributed by atoms with Crippen molar-refractivity contribution in [2.75, 3.05) is 26.7 Å². The molecule has 1 amide bonds. The minimum absolute atomic E-state index is 0. The fourth-order valence-corrected chi connectivity index (χ4v) is 3.44. The lowest BCUT2D eigenvalue weighted by molar-refractivity contribution is -0.144. The summed E-state index contributed by atoms with van der Waals surface area (Å²) in [5.41, 5.74) is 1.12. The van der Waals surface area contributed by atoms with Crippen LogP contribution in [0.15, 0.2) is 30.3 Å². The van der Waals surface area contributed by atoms with Crippen LogP contribution in [0.3, 0.4) is 0 Å². The summed E-state index contributed by atoms with van der Waals surface area (Å²) in [5.74, 6) is 0.234. The Labute approximate surface area is 138 Å². The molecule has 122 valence electrons. The van der Waals surface area contributed by atoms with E-state index in [0.717, 1.165) is 44.5 Å². The van der Waals surface area contributed by atoms with Crippen molar-refractivity contribution < 1.29 is 9.53 Å². The van der Waals surface area contributed by atoms with E-state index in [9.17, 15) is 4.79 Å². The number of carbonyl (C=O) groups excluding carboxylic acids is 1. The molecular weight excluding hydrogens is 300 g/mol. The molecular formula is C17H25ClN2O2. The minimum Gasteiger partial charge on any atom is -0.373 e. The number of likely N-dealkylation sites (N-methyl/N-ethyl adjacent to an activating group) is 1. The van der Waals surface area contributed by atoms with Crippen LogP contribution in [0.4, 0.5) is 0 Å². The number of hydrogen-bond donors (Lipinski definition) is 1. The van der Waals surface area contributed by atoms with E-state index >= 15 is 0 Å². The van der Waals surface area contributed by atoms with E-state index in [0.29, 0.717) is 6.04 Å². The summed E-state index contributed by atoms with van der Waals surface area (Å²) in [6.07, 6.45) is 2.87. The lowest BCUT2D eigenvalue weighted by atomic mass is 9.88. The van der Waals surface area contributed by atoms with Gasteiger partial charge in [0.1, 0.15) is 0 Å². The highest BCUT2D eigenvalue weighted by Gasteiger charge is 2.37. The molecule has 5 heteroatoms. The maximum Gasteiger partial charge on any atom is 0.228 e. The molecule has 0 radical (unpaired) electrons. The zero-order valence-electron chi connectivity index (χ0n) is 13.0. The molecule has 3 rings (SSSR count). The number of carbonyl (C=O) groups is 1. The van der Waals surface area contributed by atoms with Crippen molar-refractivity contribution in [3.05, 3.63) is 35.9 Å². The summed E-state index contributed by atoms with van der Waals surface area (Å²) in [7, 11) is 1.97. The number of nitrogens with one attached hydrogen (secondary N) is 1. The highest BCUT2D eigenvalue weighted by Crippen LogP contribution is 2.35. The van der Waals surface area contributed by atoms with Gasteiger partial charge in [-0.15, -0.1) is 12.4 Å². The first-order chi connectivity index (χ1) is 10.3. The van der Waals surface area contributed by atoms with Crippen LogP contribution in [0.2, 0.25) is 0 Å². The smallest absolute Gasteiger partial charge is 0.228 e. The number of hydrogen-bond acceptors (Lipinski definition) is 3. The Bertz CT molecular complexity index is 483. The lowest BCUT2D eigenvalue weighted by Crippen LogP contribution is -2.41. The van der Waals surface area contributed by atoms with E-state index in [2.05, 4.69) is 17.4 Å². The molecule has 2 aliphatic rings. The van der Waals surface area contributed by atoms with Gasteiger partial charge in [-0.25, -0.2) is 0 Å². The van der Waals surface area contributed by atoms with Crippen molar-refractivity contribution in [2.24, 2.45) is 5.92 Å². The normalized spacial score (nSPS) is 28.2. The molecule has 1 aromatic rings. The van der Waals surface area contributed by atoms with Crippen LogP contribution in [-0.2, 0) is 9.53 Å². The number of amides is 1. The summed E-state index contributed by atoms with van der Waals surface area (Å²) in [4.78, 5) is 14.9. The van der Waals surface area contributed by atoms with E-state index < -0.39 is 0 Å². The predicted molar refractivity (Wildman–Crippen MR) is 89.2 cm³/mol. The summed E-state index contributed by atoms with van der Waals surface area (Å²) in [5, 5.41) is 3.27. The highest BCUT2D eigenvalue weighted by molar-refractivity contribution is 5.85. The summed E-state index contributed by atoms with van der Waals surface area (Å²) in [6, 6.07) is 10.6. The Morgan fingerprint density at radius 2 is 2.05 bits per heavy atom.